The number of hydrogen-bond donors (Lipinski definition) is 1. The molecule has 0 aromatic carbocycles. The topological polar surface area (TPSA) is 60.9 Å². The number of hydrogen-bond acceptors (Lipinski definition) is 4. The van der Waals surface area contributed by atoms with E-state index in [9.17, 15) is 14.7 Å². The van der Waals surface area contributed by atoms with Crippen molar-refractivity contribution in [3.8, 4) is 0 Å². The van der Waals surface area contributed by atoms with Crippen LogP contribution in [0.5, 0.6) is 0 Å². The molecule has 0 aromatic rings. The van der Waals surface area contributed by atoms with Gasteiger partial charge in [-0.25, -0.2) is 9.18 Å². The Labute approximate surface area is 207 Å². The lowest BCUT2D eigenvalue weighted by molar-refractivity contribution is -0.135. The number of carbonyl (C=O) groups is 2. The van der Waals surface area contributed by atoms with Gasteiger partial charge in [-0.05, 0) is 74.9 Å². The number of ketones is 1. The van der Waals surface area contributed by atoms with E-state index in [1.807, 2.05) is 11.0 Å². The molecular weight excluding hydrogens is 443 g/mol. The molecule has 0 bridgehead atoms. The highest BCUT2D eigenvalue weighted by Gasteiger charge is 2.39. The molecule has 0 amide bonds. The first-order valence-corrected chi connectivity index (χ1v) is 13.5. The number of carboxylic acids is 1. The fraction of sp³-hybridized carbons (Fsp3) is 0.586. The molecule has 6 heteroatoms. The largest absolute Gasteiger partial charge is 0.478 e. The van der Waals surface area contributed by atoms with Crippen LogP contribution in [0.4, 0.5) is 4.39 Å². The number of allylic oxidation sites excluding steroid dienone is 6. The predicted molar refractivity (Wildman–Crippen MR) is 133 cm³/mol. The first-order chi connectivity index (χ1) is 17.0. The lowest BCUT2D eigenvalue weighted by Crippen LogP contribution is -2.38. The molecule has 1 saturated heterocycles. The summed E-state index contributed by atoms with van der Waals surface area (Å²) in [5.74, 6) is -0.261. The van der Waals surface area contributed by atoms with Crippen molar-refractivity contribution in [1.82, 2.24) is 9.80 Å². The van der Waals surface area contributed by atoms with Crippen LogP contribution in [0, 0.1) is 23.7 Å². The number of rotatable bonds is 6. The van der Waals surface area contributed by atoms with E-state index >= 15 is 4.39 Å². The van der Waals surface area contributed by atoms with Crippen LogP contribution in [0.1, 0.15) is 71.1 Å². The van der Waals surface area contributed by atoms with Gasteiger partial charge in [0.2, 0.25) is 0 Å². The number of likely N-dealkylation sites (tertiary alicyclic amines) is 1. The zero-order chi connectivity index (χ0) is 24.5. The quantitative estimate of drug-likeness (QED) is 0.467. The van der Waals surface area contributed by atoms with Gasteiger partial charge >= 0.3 is 5.97 Å². The third kappa shape index (κ3) is 5.03. The molecule has 5 nitrogen and oxygen atoms in total. The number of halogens is 1. The number of Topliss-reactive ketones (excluding diaryl/α,β-unsaturated/α-hetero) is 1. The summed E-state index contributed by atoms with van der Waals surface area (Å²) in [6.07, 6.45) is 19.0. The van der Waals surface area contributed by atoms with Crippen molar-refractivity contribution >= 4 is 11.8 Å². The highest BCUT2D eigenvalue weighted by Crippen LogP contribution is 2.43. The molecule has 2 fully saturated rings. The van der Waals surface area contributed by atoms with E-state index < -0.39 is 11.9 Å². The van der Waals surface area contributed by atoms with Crippen LogP contribution in [0.15, 0.2) is 59.0 Å². The lowest BCUT2D eigenvalue weighted by Gasteiger charge is -2.39. The molecule has 5 aliphatic rings. The van der Waals surface area contributed by atoms with Crippen molar-refractivity contribution in [2.75, 3.05) is 13.1 Å². The van der Waals surface area contributed by atoms with Gasteiger partial charge in [-0.1, -0.05) is 31.9 Å². The van der Waals surface area contributed by atoms with Gasteiger partial charge < -0.3 is 14.9 Å². The second kappa shape index (κ2) is 10.2. The summed E-state index contributed by atoms with van der Waals surface area (Å²) in [6, 6.07) is 0. The smallest absolute Gasteiger partial charge is 0.340 e. The third-order valence-corrected chi connectivity index (χ3v) is 8.43. The molecule has 1 N–H and O–H groups in total. The minimum Gasteiger partial charge on any atom is -0.478 e. The van der Waals surface area contributed by atoms with Gasteiger partial charge in [-0.3, -0.25) is 4.79 Å². The molecule has 2 aliphatic heterocycles. The standard InChI is InChI=1S/C29H37FN2O3/c1-2-4-19-13-15-31(16-14-19)27-17-26-23(5-3-6-25(27)30)28(33)24(29(34)35)18-32(26)22-11-9-21(10-12-22)20-7-8-20/h9,11-12,17-21,23H,2-8,10,13-16H2,1H3,(H,34,35)/b26-17+,27-25-. The maximum Gasteiger partial charge on any atom is 0.340 e. The molecule has 188 valence electrons. The Hall–Kier alpha value is -2.63. The van der Waals surface area contributed by atoms with Crippen LogP contribution in [-0.4, -0.2) is 39.7 Å². The number of piperidine rings is 1. The lowest BCUT2D eigenvalue weighted by atomic mass is 9.83. The molecule has 2 atom stereocenters. The number of fused-ring (bicyclic) bond motifs is 1. The van der Waals surface area contributed by atoms with Crippen molar-refractivity contribution in [2.45, 2.75) is 71.1 Å². The van der Waals surface area contributed by atoms with E-state index in [-0.39, 0.29) is 23.6 Å². The van der Waals surface area contributed by atoms with Crippen molar-refractivity contribution in [3.63, 3.8) is 0 Å². The number of carboxylic acid groups (broad SMARTS) is 1. The van der Waals surface area contributed by atoms with E-state index in [1.165, 1.54) is 31.9 Å². The second-order valence-electron chi connectivity index (χ2n) is 10.8. The molecule has 5 rings (SSSR count). The Balaban J connectivity index is 1.50. The Morgan fingerprint density at radius 2 is 1.94 bits per heavy atom. The maximum absolute atomic E-state index is 15.4. The Morgan fingerprint density at radius 3 is 2.57 bits per heavy atom. The average molecular weight is 481 g/mol. The zero-order valence-electron chi connectivity index (χ0n) is 20.7. The summed E-state index contributed by atoms with van der Waals surface area (Å²) in [6.45, 7) is 3.85. The summed E-state index contributed by atoms with van der Waals surface area (Å²) < 4.78 is 15.4. The summed E-state index contributed by atoms with van der Waals surface area (Å²) in [7, 11) is 0. The molecule has 3 aliphatic carbocycles. The van der Waals surface area contributed by atoms with Crippen LogP contribution >= 0.6 is 0 Å². The van der Waals surface area contributed by atoms with Crippen LogP contribution in [0.3, 0.4) is 0 Å². The van der Waals surface area contributed by atoms with Crippen molar-refractivity contribution in [2.24, 2.45) is 23.7 Å². The molecule has 0 aromatic heterocycles. The van der Waals surface area contributed by atoms with E-state index in [0.29, 0.717) is 36.1 Å². The predicted octanol–water partition coefficient (Wildman–Crippen LogP) is 6.09. The van der Waals surface area contributed by atoms with Crippen LogP contribution in [0.2, 0.25) is 0 Å². The fourth-order valence-corrected chi connectivity index (χ4v) is 6.21. The van der Waals surface area contributed by atoms with Gasteiger partial charge in [0.1, 0.15) is 11.4 Å². The van der Waals surface area contributed by atoms with E-state index in [4.69, 9.17) is 0 Å². The van der Waals surface area contributed by atoms with Gasteiger partial charge in [-0.2, -0.15) is 0 Å². The summed E-state index contributed by atoms with van der Waals surface area (Å²) in [4.78, 5) is 29.2. The average Bonchev–Trinajstić information content (AvgIpc) is 3.69. The number of carbonyl (C=O) groups excluding carboxylic acids is 1. The van der Waals surface area contributed by atoms with Gasteiger partial charge in [0.15, 0.2) is 5.78 Å². The molecular formula is C29H37FN2O3. The highest BCUT2D eigenvalue weighted by molar-refractivity contribution is 6.18. The van der Waals surface area contributed by atoms with Gasteiger partial charge in [0.05, 0.1) is 11.6 Å². The molecule has 35 heavy (non-hydrogen) atoms. The molecule has 0 radical (unpaired) electrons. The first-order valence-electron chi connectivity index (χ1n) is 13.5. The fourth-order valence-electron chi connectivity index (χ4n) is 6.21. The van der Waals surface area contributed by atoms with Crippen molar-refractivity contribution in [1.29, 1.82) is 0 Å². The number of aliphatic carboxylic acids is 1. The number of nitrogens with zero attached hydrogens (tertiary/aromatic N) is 2. The Bertz CT molecular complexity index is 1020. The summed E-state index contributed by atoms with van der Waals surface area (Å²) >= 11 is 0. The molecule has 0 spiro atoms. The monoisotopic (exact) mass is 480 g/mol. The van der Waals surface area contributed by atoms with Gasteiger partial charge in [0.25, 0.3) is 0 Å². The van der Waals surface area contributed by atoms with E-state index in [0.717, 1.165) is 44.0 Å². The van der Waals surface area contributed by atoms with Crippen LogP contribution in [0.25, 0.3) is 0 Å². The van der Waals surface area contributed by atoms with E-state index in [2.05, 4.69) is 30.1 Å². The SMILES string of the molecule is CCCC1CCN(C2=C(\F)CCCC3C(=O)C(C(=O)O)=CN(C4=CCC(C5CC5)C=C4)\C3=C\2)CC1. The summed E-state index contributed by atoms with van der Waals surface area (Å²) in [5, 5.41) is 9.78. The zero-order valence-corrected chi connectivity index (χ0v) is 20.7. The molecule has 2 heterocycles. The van der Waals surface area contributed by atoms with E-state index in [1.54, 1.807) is 0 Å². The minimum atomic E-state index is -1.20. The van der Waals surface area contributed by atoms with Crippen molar-refractivity contribution < 1.29 is 19.1 Å². The Morgan fingerprint density at radius 1 is 1.17 bits per heavy atom. The first kappa shape index (κ1) is 24.1. The summed E-state index contributed by atoms with van der Waals surface area (Å²) in [5.41, 5.74) is 1.99. The third-order valence-electron chi connectivity index (χ3n) is 8.43. The maximum atomic E-state index is 15.4. The molecule has 1 saturated carbocycles. The normalized spacial score (nSPS) is 31.7. The van der Waals surface area contributed by atoms with Gasteiger partial charge in [-0.15, -0.1) is 0 Å². The second-order valence-corrected chi connectivity index (χ2v) is 10.8. The van der Waals surface area contributed by atoms with Crippen LogP contribution < -0.4 is 0 Å². The Kier molecular flexibility index (Phi) is 6.99. The van der Waals surface area contributed by atoms with Crippen molar-refractivity contribution in [3.05, 3.63) is 59.0 Å². The highest BCUT2D eigenvalue weighted by atomic mass is 19.1. The minimum absolute atomic E-state index is 0.118. The molecule has 2 unspecified atom stereocenters. The van der Waals surface area contributed by atoms with Crippen LogP contribution in [-0.2, 0) is 9.59 Å². The van der Waals surface area contributed by atoms with Gasteiger partial charge in [0, 0.05) is 37.1 Å².